The van der Waals surface area contributed by atoms with Crippen molar-refractivity contribution in [2.45, 2.75) is 13.3 Å². The lowest BCUT2D eigenvalue weighted by molar-refractivity contribution is -0.137. The zero-order chi connectivity index (χ0) is 15.7. The molecule has 114 valence electrons. The predicted molar refractivity (Wildman–Crippen MR) is 83.4 cm³/mol. The summed E-state index contributed by atoms with van der Waals surface area (Å²) in [6, 6.07) is 9.44. The van der Waals surface area contributed by atoms with Gasteiger partial charge in [-0.25, -0.2) is 0 Å². The highest BCUT2D eigenvalue weighted by Gasteiger charge is 2.17. The number of carboxylic acids is 1. The molecule has 1 aromatic rings. The van der Waals surface area contributed by atoms with E-state index in [1.54, 1.807) is 15.9 Å². The van der Waals surface area contributed by atoms with Crippen LogP contribution in [0.5, 0.6) is 0 Å². The fraction of sp³-hybridized carbons (Fsp3) is 0.375. The van der Waals surface area contributed by atoms with Gasteiger partial charge in [-0.2, -0.15) is 0 Å². The molecule has 0 heterocycles. The first-order valence-electron chi connectivity index (χ1n) is 6.99. The van der Waals surface area contributed by atoms with E-state index in [9.17, 15) is 9.59 Å². The van der Waals surface area contributed by atoms with E-state index in [0.29, 0.717) is 19.6 Å². The molecule has 0 spiro atoms. The van der Waals surface area contributed by atoms with E-state index in [2.05, 4.69) is 6.58 Å². The summed E-state index contributed by atoms with van der Waals surface area (Å²) >= 11 is 0. The van der Waals surface area contributed by atoms with Crippen molar-refractivity contribution in [2.24, 2.45) is 0 Å². The van der Waals surface area contributed by atoms with Gasteiger partial charge in [-0.1, -0.05) is 24.3 Å². The molecule has 0 radical (unpaired) electrons. The van der Waals surface area contributed by atoms with E-state index in [1.807, 2.05) is 37.3 Å². The van der Waals surface area contributed by atoms with E-state index >= 15 is 0 Å². The first kappa shape index (κ1) is 16.9. The number of aliphatic carboxylic acids is 1. The van der Waals surface area contributed by atoms with Crippen molar-refractivity contribution >= 4 is 17.6 Å². The maximum absolute atomic E-state index is 12.4. The molecule has 21 heavy (non-hydrogen) atoms. The summed E-state index contributed by atoms with van der Waals surface area (Å²) in [6.45, 7) is 7.14. The molecule has 5 nitrogen and oxygen atoms in total. The Morgan fingerprint density at radius 2 is 1.95 bits per heavy atom. The largest absolute Gasteiger partial charge is 0.481 e. The standard InChI is InChI=1S/C16H22N2O3/c1-3-11-17(12-10-16(20)21)13-15(19)18(4-2)14-8-6-5-7-9-14/h3,5-9H,1,4,10-13H2,2H3,(H,20,21). The van der Waals surface area contributed by atoms with Crippen LogP contribution in [0, 0.1) is 0 Å². The van der Waals surface area contributed by atoms with Crippen LogP contribution in [-0.2, 0) is 9.59 Å². The average Bonchev–Trinajstić information content (AvgIpc) is 2.47. The SMILES string of the molecule is C=CCN(CCC(=O)O)CC(=O)N(CC)c1ccccc1. The second kappa shape index (κ2) is 8.92. The Balaban J connectivity index is 2.70. The van der Waals surface area contributed by atoms with Gasteiger partial charge in [-0.3, -0.25) is 14.5 Å². The number of carbonyl (C=O) groups is 2. The van der Waals surface area contributed by atoms with E-state index in [0.717, 1.165) is 5.69 Å². The van der Waals surface area contributed by atoms with Crippen molar-refractivity contribution in [2.75, 3.05) is 31.1 Å². The highest BCUT2D eigenvalue weighted by Crippen LogP contribution is 2.13. The van der Waals surface area contributed by atoms with Crippen molar-refractivity contribution in [3.05, 3.63) is 43.0 Å². The zero-order valence-electron chi connectivity index (χ0n) is 12.4. The number of carboxylic acid groups (broad SMARTS) is 1. The monoisotopic (exact) mass is 290 g/mol. The van der Waals surface area contributed by atoms with Gasteiger partial charge in [0.05, 0.1) is 13.0 Å². The topological polar surface area (TPSA) is 60.9 Å². The Bertz CT molecular complexity index is 474. The highest BCUT2D eigenvalue weighted by atomic mass is 16.4. The quantitative estimate of drug-likeness (QED) is 0.707. The summed E-state index contributed by atoms with van der Waals surface area (Å²) in [4.78, 5) is 26.5. The number of benzene rings is 1. The van der Waals surface area contributed by atoms with Crippen molar-refractivity contribution < 1.29 is 14.7 Å². The molecule has 0 bridgehead atoms. The van der Waals surface area contributed by atoms with Crippen LogP contribution in [0.15, 0.2) is 43.0 Å². The molecule has 0 unspecified atom stereocenters. The summed E-state index contributed by atoms with van der Waals surface area (Å²) in [7, 11) is 0. The van der Waals surface area contributed by atoms with Crippen molar-refractivity contribution in [3.63, 3.8) is 0 Å². The Kier molecular flexibility index (Phi) is 7.18. The van der Waals surface area contributed by atoms with Gasteiger partial charge in [0.15, 0.2) is 0 Å². The first-order chi connectivity index (χ1) is 10.1. The van der Waals surface area contributed by atoms with Crippen molar-refractivity contribution in [3.8, 4) is 0 Å². The minimum Gasteiger partial charge on any atom is -0.481 e. The molecule has 0 fully saturated rings. The van der Waals surface area contributed by atoms with Gasteiger partial charge in [0.1, 0.15) is 0 Å². The van der Waals surface area contributed by atoms with Crippen molar-refractivity contribution in [1.29, 1.82) is 0 Å². The van der Waals surface area contributed by atoms with Gasteiger partial charge in [0.2, 0.25) is 5.91 Å². The average molecular weight is 290 g/mol. The third-order valence-electron chi connectivity index (χ3n) is 3.07. The third kappa shape index (κ3) is 5.79. The minimum atomic E-state index is -0.869. The molecule has 0 saturated heterocycles. The maximum atomic E-state index is 12.4. The lowest BCUT2D eigenvalue weighted by Gasteiger charge is -2.25. The Morgan fingerprint density at radius 3 is 2.48 bits per heavy atom. The van der Waals surface area contributed by atoms with E-state index in [4.69, 9.17) is 5.11 Å². The third-order valence-corrected chi connectivity index (χ3v) is 3.07. The molecule has 0 aliphatic rings. The number of rotatable bonds is 9. The van der Waals surface area contributed by atoms with Gasteiger partial charge in [0, 0.05) is 25.3 Å². The highest BCUT2D eigenvalue weighted by molar-refractivity contribution is 5.94. The van der Waals surface area contributed by atoms with E-state index < -0.39 is 5.97 Å². The molecule has 1 rings (SSSR count). The summed E-state index contributed by atoms with van der Waals surface area (Å²) in [5.74, 6) is -0.914. The molecule has 0 aromatic heterocycles. The normalized spacial score (nSPS) is 10.4. The molecular weight excluding hydrogens is 268 g/mol. The van der Waals surface area contributed by atoms with Gasteiger partial charge >= 0.3 is 5.97 Å². The lowest BCUT2D eigenvalue weighted by Crippen LogP contribution is -2.41. The number of hydrogen-bond acceptors (Lipinski definition) is 3. The van der Waals surface area contributed by atoms with Crippen LogP contribution in [0.25, 0.3) is 0 Å². The predicted octanol–water partition coefficient (Wildman–Crippen LogP) is 2.00. The maximum Gasteiger partial charge on any atom is 0.304 e. The van der Waals surface area contributed by atoms with Gasteiger partial charge < -0.3 is 10.0 Å². The fourth-order valence-corrected chi connectivity index (χ4v) is 2.06. The first-order valence-corrected chi connectivity index (χ1v) is 6.99. The van der Waals surface area contributed by atoms with E-state index in [-0.39, 0.29) is 18.9 Å². The van der Waals surface area contributed by atoms with Gasteiger partial charge in [-0.15, -0.1) is 6.58 Å². The summed E-state index contributed by atoms with van der Waals surface area (Å²) in [5, 5.41) is 8.75. The lowest BCUT2D eigenvalue weighted by atomic mass is 10.2. The van der Waals surface area contributed by atoms with Crippen LogP contribution in [0.3, 0.4) is 0 Å². The van der Waals surface area contributed by atoms with E-state index in [1.165, 1.54) is 0 Å². The van der Waals surface area contributed by atoms with Gasteiger partial charge in [0.25, 0.3) is 0 Å². The Labute approximate surface area is 125 Å². The molecule has 1 aromatic carbocycles. The number of para-hydroxylation sites is 1. The molecule has 1 N–H and O–H groups in total. The van der Waals surface area contributed by atoms with Crippen LogP contribution in [-0.4, -0.2) is 48.1 Å². The second-order valence-corrected chi connectivity index (χ2v) is 4.64. The number of hydrogen-bond donors (Lipinski definition) is 1. The Morgan fingerprint density at radius 1 is 1.29 bits per heavy atom. The summed E-state index contributed by atoms with van der Waals surface area (Å²) in [5.41, 5.74) is 0.849. The smallest absolute Gasteiger partial charge is 0.304 e. The fourth-order valence-electron chi connectivity index (χ4n) is 2.06. The zero-order valence-corrected chi connectivity index (χ0v) is 12.4. The Hall–Kier alpha value is -2.14. The summed E-state index contributed by atoms with van der Waals surface area (Å²) < 4.78 is 0. The number of amides is 1. The molecule has 1 amide bonds. The number of anilines is 1. The van der Waals surface area contributed by atoms with Crippen LogP contribution in [0.4, 0.5) is 5.69 Å². The van der Waals surface area contributed by atoms with Crippen molar-refractivity contribution in [1.82, 2.24) is 4.90 Å². The van der Waals surface area contributed by atoms with Crippen LogP contribution in [0.2, 0.25) is 0 Å². The van der Waals surface area contributed by atoms with Crippen LogP contribution in [0.1, 0.15) is 13.3 Å². The van der Waals surface area contributed by atoms with Gasteiger partial charge in [-0.05, 0) is 19.1 Å². The second-order valence-electron chi connectivity index (χ2n) is 4.64. The minimum absolute atomic E-state index is 0.0125. The molecular formula is C16H22N2O3. The molecule has 0 saturated carbocycles. The molecule has 5 heteroatoms. The number of likely N-dealkylation sites (N-methyl/N-ethyl adjacent to an activating group) is 1. The number of nitrogens with zero attached hydrogens (tertiary/aromatic N) is 2. The molecule has 0 aliphatic carbocycles. The van der Waals surface area contributed by atoms with Crippen LogP contribution < -0.4 is 4.90 Å². The molecule has 0 aliphatic heterocycles. The molecule has 0 atom stereocenters. The summed E-state index contributed by atoms with van der Waals surface area (Å²) in [6.07, 6.45) is 1.69. The van der Waals surface area contributed by atoms with Crippen LogP contribution >= 0.6 is 0 Å². The number of carbonyl (C=O) groups excluding carboxylic acids is 1.